The van der Waals surface area contributed by atoms with E-state index in [-0.39, 0.29) is 129 Å². The molecule has 14 aromatic carbocycles. The van der Waals surface area contributed by atoms with Gasteiger partial charge in [0.2, 0.25) is 0 Å². The summed E-state index contributed by atoms with van der Waals surface area (Å²) >= 11 is 0. The van der Waals surface area contributed by atoms with Gasteiger partial charge in [-0.05, 0) is 95.8 Å². The van der Waals surface area contributed by atoms with E-state index in [1.807, 2.05) is 42.7 Å². The Balaban J connectivity index is 0.000000102. The van der Waals surface area contributed by atoms with Gasteiger partial charge in [-0.2, -0.15) is 0 Å². The Morgan fingerprint density at radius 1 is 0.285 bits per heavy atom. The summed E-state index contributed by atoms with van der Waals surface area (Å²) in [5.41, 5.74) is 30.1. The molecule has 4 unspecified atom stereocenters. The number of fused-ring (bicyclic) bond motifs is 15. The molecular formula is C115H83Ir5N10-5. The number of imidazole rings is 5. The fourth-order valence-electron chi connectivity index (χ4n) is 22.6. The molecule has 0 spiro atoms. The minimum absolute atomic E-state index is 0. The van der Waals surface area contributed by atoms with E-state index in [4.69, 9.17) is 19.9 Å². The number of hydrogen-bond acceptors (Lipinski definition) is 5. The van der Waals surface area contributed by atoms with E-state index in [0.29, 0.717) is 11.8 Å². The standard InChI is InChI=1S/2C29H19N2.C21H19N2.C19H15N2.C17H11N2.5Ir/c1-3-10-20(11-4-1)29(21-12-5-2-6-13-21)18-22-19-30-28-25-15-8-7-14-23(25)24-16-9-17-26(29)27(24)31(22)28;1-3-10-19(11-4-1)26-24-17-9-16-22-21-14-7-8-15-23(21)29-30-18-25(31(29)28(22)24)27(26)20-12-5-2-6-13-20;1-20(2)16-11-7-10-14-13-8-5-6-9-15(13)19-22-12-17(21(20,3)4)23(19)18(14)16;1-11-12(2)17-10-20-19-16-7-4-3-6-14(16)15-9-5-8-13(11)18(15)21(17)19;1-2-6-15-13(5-1)14-7-3-4-11-8-9-12-10-18-17(15)19(12)16(11)14;;;;;/h1-14,16-17,19H,18H2;1-14,16-18,26-27H;5-8,10-12H,1-4H3;3-6,8-12H,1-2H3;1-5,7,10H,8-9H2;;;;;/q5*-1;;;;;. The fourth-order valence-corrected chi connectivity index (χ4v) is 22.6. The van der Waals surface area contributed by atoms with Gasteiger partial charge in [0.25, 0.3) is 0 Å². The van der Waals surface area contributed by atoms with Crippen LogP contribution >= 0.6 is 0 Å². The molecular weight excluding hydrogens is 2480 g/mol. The molecule has 10 aromatic heterocycles. The maximum absolute atomic E-state index is 4.94. The summed E-state index contributed by atoms with van der Waals surface area (Å²) in [5, 5.41) is 18.1. The van der Waals surface area contributed by atoms with Crippen LogP contribution in [0.25, 0.3) is 137 Å². The summed E-state index contributed by atoms with van der Waals surface area (Å²) in [4.78, 5) is 24.0. The number of pyridine rings is 5. The zero-order valence-corrected chi connectivity index (χ0v) is 83.8. The minimum atomic E-state index is -0.267. The van der Waals surface area contributed by atoms with Gasteiger partial charge in [-0.25, -0.2) is 0 Å². The Labute approximate surface area is 820 Å². The number of nitrogens with zero attached hydrogens (tertiary/aromatic N) is 10. The van der Waals surface area contributed by atoms with Crippen molar-refractivity contribution >= 4 is 137 Å². The van der Waals surface area contributed by atoms with Crippen molar-refractivity contribution in [2.45, 2.75) is 101 Å². The van der Waals surface area contributed by atoms with Crippen molar-refractivity contribution in [2.24, 2.45) is 0 Å². The number of aromatic nitrogens is 10. The van der Waals surface area contributed by atoms with Crippen LogP contribution < -0.4 is 0 Å². The summed E-state index contributed by atoms with van der Waals surface area (Å²) in [5.74, 6) is 1.42. The van der Waals surface area contributed by atoms with Crippen LogP contribution in [0, 0.1) is 30.3 Å². The first-order valence-electron chi connectivity index (χ1n) is 43.8. The predicted octanol–water partition coefficient (Wildman–Crippen LogP) is 26.2. The van der Waals surface area contributed by atoms with Crippen LogP contribution in [-0.4, -0.2) is 46.9 Å². The monoisotopic (exact) mass is 2570 g/mol. The molecule has 0 saturated heterocycles. The quantitative estimate of drug-likeness (QED) is 0.129. The van der Waals surface area contributed by atoms with Crippen molar-refractivity contribution in [2.75, 3.05) is 0 Å². The normalized spacial score (nSPS) is 16.3. The van der Waals surface area contributed by atoms with Gasteiger partial charge in [-0.1, -0.05) is 281 Å². The van der Waals surface area contributed by atoms with Crippen LogP contribution in [0.1, 0.15) is 144 Å². The van der Waals surface area contributed by atoms with Gasteiger partial charge in [0.15, 0.2) is 0 Å². The SMILES string of the molecule is CC1(C)c2cccc3c4ccc[c-]c4c4ncc(n4c23)C1(C)C.CC1c2cccc3c4ccc[c-]c4c4ncc(n4c23)C1C.[Ir].[Ir].[Ir].[Ir].[Ir].[c-]1cccc2c1c1ncc3n1c1c(cccc21)C(c1ccccc1)(c1ccccc1)C3.[c-]1cccc2c1c1ncc3n1c1c(cccc21)C(c1ccccc1)C3c1ccccc1.[c-]1cccc2c1c1ncc3n1c1c(cccc21)CC3. The van der Waals surface area contributed by atoms with Gasteiger partial charge in [0.1, 0.15) is 0 Å². The van der Waals surface area contributed by atoms with Crippen molar-refractivity contribution < 1.29 is 101 Å². The van der Waals surface area contributed by atoms with Crippen LogP contribution in [0.5, 0.6) is 0 Å². The van der Waals surface area contributed by atoms with Crippen molar-refractivity contribution in [3.8, 4) is 0 Å². The second-order valence-corrected chi connectivity index (χ2v) is 35.7. The Hall–Kier alpha value is -11.6. The van der Waals surface area contributed by atoms with Gasteiger partial charge in [0.05, 0.1) is 33.7 Å². The third kappa shape index (κ3) is 12.5. The molecule has 0 N–H and O–H groups in total. The van der Waals surface area contributed by atoms with Gasteiger partial charge in [0, 0.05) is 223 Å². The van der Waals surface area contributed by atoms with Crippen molar-refractivity contribution in [3.05, 3.63) is 443 Å². The largest absolute Gasteiger partial charge is 0.337 e. The van der Waals surface area contributed by atoms with E-state index in [1.54, 1.807) is 0 Å². The first kappa shape index (κ1) is 86.4. The number of aryl methyl sites for hydroxylation is 2. The Bertz CT molecular complexity index is 8570. The molecule has 130 heavy (non-hydrogen) atoms. The summed E-state index contributed by atoms with van der Waals surface area (Å²) in [6, 6.07) is 125. The molecule has 10 nitrogen and oxygen atoms in total. The van der Waals surface area contributed by atoms with Crippen LogP contribution in [0.15, 0.2) is 334 Å². The summed E-state index contributed by atoms with van der Waals surface area (Å²) in [6.07, 6.45) is 13.3. The van der Waals surface area contributed by atoms with E-state index >= 15 is 0 Å². The molecule has 29 rings (SSSR count). The number of rotatable bonds is 4. The Morgan fingerprint density at radius 3 is 1.17 bits per heavy atom. The molecule has 643 valence electrons. The van der Waals surface area contributed by atoms with Gasteiger partial charge < -0.3 is 22.0 Å². The van der Waals surface area contributed by atoms with E-state index < -0.39 is 0 Å². The molecule has 5 aliphatic rings. The van der Waals surface area contributed by atoms with Gasteiger partial charge >= 0.3 is 0 Å². The Kier molecular flexibility index (Phi) is 22.2. The minimum Gasteiger partial charge on any atom is -0.337 e. The molecule has 15 heterocycles. The van der Waals surface area contributed by atoms with Crippen LogP contribution in [0.3, 0.4) is 0 Å². The van der Waals surface area contributed by atoms with E-state index in [0.717, 1.165) is 74.4 Å². The Morgan fingerprint density at radius 2 is 0.654 bits per heavy atom. The second kappa shape index (κ2) is 33.3. The van der Waals surface area contributed by atoms with Crippen LogP contribution in [0.4, 0.5) is 0 Å². The average molecular weight is 2570 g/mol. The van der Waals surface area contributed by atoms with Crippen LogP contribution in [0.2, 0.25) is 0 Å². The van der Waals surface area contributed by atoms with Gasteiger partial charge in [-0.15, -0.1) is 148 Å². The molecule has 0 aliphatic carbocycles. The summed E-state index contributed by atoms with van der Waals surface area (Å²) in [7, 11) is 0. The third-order valence-corrected chi connectivity index (χ3v) is 29.3. The molecule has 0 bridgehead atoms. The molecule has 4 atom stereocenters. The molecule has 24 aromatic rings. The molecule has 5 radical (unpaired) electrons. The molecule has 5 aliphatic heterocycles. The molecule has 0 fully saturated rings. The van der Waals surface area contributed by atoms with Crippen molar-refractivity contribution in [1.29, 1.82) is 0 Å². The summed E-state index contributed by atoms with van der Waals surface area (Å²) < 4.78 is 11.8. The first-order chi connectivity index (χ1) is 61.4. The number of benzene rings is 14. The molecule has 0 saturated carbocycles. The topological polar surface area (TPSA) is 86.5 Å². The second-order valence-electron chi connectivity index (χ2n) is 35.7. The summed E-state index contributed by atoms with van der Waals surface area (Å²) in [6.45, 7) is 14.0. The molecule has 15 heteroatoms. The van der Waals surface area contributed by atoms with E-state index in [9.17, 15) is 0 Å². The maximum atomic E-state index is 4.94. The smallest absolute Gasteiger partial charge is 0.0611 e. The number of hydrogen-bond donors (Lipinski definition) is 0. The average Bonchev–Trinajstić information content (AvgIpc) is 1.48. The van der Waals surface area contributed by atoms with E-state index in [1.165, 1.54) is 160 Å². The van der Waals surface area contributed by atoms with E-state index in [2.05, 4.69) is 390 Å². The zero-order chi connectivity index (χ0) is 83.3. The predicted molar refractivity (Wildman–Crippen MR) is 509 cm³/mol. The molecule has 0 amide bonds. The maximum Gasteiger partial charge on any atom is 0.0611 e. The first-order valence-corrected chi connectivity index (χ1v) is 43.8. The third-order valence-electron chi connectivity index (χ3n) is 29.3. The van der Waals surface area contributed by atoms with Crippen molar-refractivity contribution in [3.63, 3.8) is 0 Å². The fraction of sp³-hybridized carbons (Fsp3) is 0.139. The number of para-hydroxylation sites is 5. The van der Waals surface area contributed by atoms with Gasteiger partial charge in [-0.3, -0.25) is 24.9 Å². The van der Waals surface area contributed by atoms with Crippen LogP contribution in [-0.2, 0) is 136 Å². The zero-order valence-electron chi connectivity index (χ0n) is 71.8. The van der Waals surface area contributed by atoms with Crippen molar-refractivity contribution in [1.82, 2.24) is 46.9 Å².